The normalized spacial score (nSPS) is 11.4. The number of benzene rings is 2. The lowest BCUT2D eigenvalue weighted by molar-refractivity contribution is -0.384. The molecule has 1 atom stereocenters. The minimum absolute atomic E-state index is 0.0617. The zero-order chi connectivity index (χ0) is 19.1. The first-order chi connectivity index (χ1) is 13.1. The van der Waals surface area contributed by atoms with Crippen LogP contribution in [0.3, 0.4) is 0 Å². The molecule has 0 unspecified atom stereocenters. The summed E-state index contributed by atoms with van der Waals surface area (Å²) in [5.74, 6) is -0.239. The minimum atomic E-state index is -0.735. The smallest absolute Gasteiger partial charge is 0.311 e. The number of nitro groups is 1. The lowest BCUT2D eigenvalue weighted by Crippen LogP contribution is -2.37. The third-order valence-electron chi connectivity index (χ3n) is 3.93. The van der Waals surface area contributed by atoms with Crippen LogP contribution < -0.4 is 10.6 Å². The number of amides is 1. The molecule has 0 saturated carbocycles. The summed E-state index contributed by atoms with van der Waals surface area (Å²) in [5, 5.41) is 17.0. The van der Waals surface area contributed by atoms with Crippen molar-refractivity contribution in [3.63, 3.8) is 0 Å². The maximum Gasteiger partial charge on any atom is 0.311 e. The van der Waals surface area contributed by atoms with E-state index in [0.29, 0.717) is 12.1 Å². The van der Waals surface area contributed by atoms with Gasteiger partial charge in [-0.05, 0) is 23.8 Å². The number of carbonyl (C=O) groups excluding carboxylic acids is 1. The Bertz CT molecular complexity index is 917. The van der Waals surface area contributed by atoms with Crippen molar-refractivity contribution in [2.75, 3.05) is 10.6 Å². The second kappa shape index (κ2) is 8.57. The Morgan fingerprint density at radius 1 is 1.00 bits per heavy atom. The molecule has 27 heavy (non-hydrogen) atoms. The van der Waals surface area contributed by atoms with E-state index in [1.165, 1.54) is 18.3 Å². The van der Waals surface area contributed by atoms with E-state index >= 15 is 0 Å². The molecule has 1 amide bonds. The number of aromatic nitrogens is 1. The Hall–Kier alpha value is -3.74. The van der Waals surface area contributed by atoms with E-state index in [4.69, 9.17) is 0 Å². The maximum atomic E-state index is 12.8. The fraction of sp³-hybridized carbons (Fsp3) is 0.100. The molecule has 0 spiro atoms. The minimum Gasteiger partial charge on any atom is -0.352 e. The molecule has 2 aromatic carbocycles. The zero-order valence-corrected chi connectivity index (χ0v) is 14.4. The third-order valence-corrected chi connectivity index (χ3v) is 3.93. The Kier molecular flexibility index (Phi) is 5.73. The van der Waals surface area contributed by atoms with Gasteiger partial charge in [-0.1, -0.05) is 48.5 Å². The van der Waals surface area contributed by atoms with E-state index in [0.717, 1.165) is 5.56 Å². The summed E-state index contributed by atoms with van der Waals surface area (Å²) in [7, 11) is 0. The van der Waals surface area contributed by atoms with Gasteiger partial charge in [0.05, 0.1) is 4.92 Å². The molecule has 7 nitrogen and oxygen atoms in total. The van der Waals surface area contributed by atoms with E-state index < -0.39 is 11.0 Å². The SMILES string of the molecule is O=C(Nc1ccccc1)[C@@H](Cc1ccccc1)Nc1ncccc1[N+](=O)[O-]. The van der Waals surface area contributed by atoms with Crippen molar-refractivity contribution in [1.29, 1.82) is 0 Å². The second-order valence-corrected chi connectivity index (χ2v) is 5.87. The van der Waals surface area contributed by atoms with Crippen LogP contribution in [0, 0.1) is 10.1 Å². The molecule has 1 aromatic heterocycles. The molecule has 0 radical (unpaired) electrons. The van der Waals surface area contributed by atoms with Crippen molar-refractivity contribution in [3.8, 4) is 0 Å². The molecule has 0 bridgehead atoms. The van der Waals surface area contributed by atoms with Crippen molar-refractivity contribution >= 4 is 23.1 Å². The van der Waals surface area contributed by atoms with Crippen molar-refractivity contribution < 1.29 is 9.72 Å². The topological polar surface area (TPSA) is 97.2 Å². The van der Waals surface area contributed by atoms with Crippen molar-refractivity contribution in [3.05, 3.63) is 94.7 Å². The predicted molar refractivity (Wildman–Crippen MR) is 104 cm³/mol. The Balaban J connectivity index is 1.85. The van der Waals surface area contributed by atoms with Gasteiger partial charge in [-0.15, -0.1) is 0 Å². The van der Waals surface area contributed by atoms with Crippen LogP contribution in [0.15, 0.2) is 79.0 Å². The number of pyridine rings is 1. The summed E-state index contributed by atoms with van der Waals surface area (Å²) in [6.07, 6.45) is 1.80. The third kappa shape index (κ3) is 4.88. The highest BCUT2D eigenvalue weighted by Crippen LogP contribution is 2.22. The molecule has 136 valence electrons. The van der Waals surface area contributed by atoms with Crippen LogP contribution in [0.1, 0.15) is 5.56 Å². The molecule has 3 rings (SSSR count). The predicted octanol–water partition coefficient (Wildman–Crippen LogP) is 3.65. The molecular weight excluding hydrogens is 344 g/mol. The summed E-state index contributed by atoms with van der Waals surface area (Å²) in [4.78, 5) is 27.6. The molecule has 0 fully saturated rings. The van der Waals surface area contributed by atoms with Gasteiger partial charge >= 0.3 is 5.69 Å². The monoisotopic (exact) mass is 362 g/mol. The summed E-state index contributed by atoms with van der Waals surface area (Å²) in [6.45, 7) is 0. The van der Waals surface area contributed by atoms with Gasteiger partial charge < -0.3 is 10.6 Å². The van der Waals surface area contributed by atoms with Crippen molar-refractivity contribution in [1.82, 2.24) is 4.98 Å². The first-order valence-corrected chi connectivity index (χ1v) is 8.39. The lowest BCUT2D eigenvalue weighted by atomic mass is 10.0. The second-order valence-electron chi connectivity index (χ2n) is 5.87. The van der Waals surface area contributed by atoms with Crippen LogP contribution in [-0.4, -0.2) is 21.9 Å². The van der Waals surface area contributed by atoms with Crippen LogP contribution >= 0.6 is 0 Å². The van der Waals surface area contributed by atoms with Gasteiger partial charge in [0.1, 0.15) is 6.04 Å². The van der Waals surface area contributed by atoms with E-state index in [1.807, 2.05) is 48.5 Å². The highest BCUT2D eigenvalue weighted by molar-refractivity contribution is 5.96. The molecular formula is C20H18N4O3. The average Bonchev–Trinajstić information content (AvgIpc) is 2.69. The van der Waals surface area contributed by atoms with Crippen LogP contribution in [0.25, 0.3) is 0 Å². The first-order valence-electron chi connectivity index (χ1n) is 8.39. The van der Waals surface area contributed by atoms with Crippen LogP contribution in [-0.2, 0) is 11.2 Å². The first kappa shape index (κ1) is 18.1. The van der Waals surface area contributed by atoms with Gasteiger partial charge in [-0.3, -0.25) is 14.9 Å². The van der Waals surface area contributed by atoms with E-state index in [1.54, 1.807) is 12.1 Å². The van der Waals surface area contributed by atoms with Gasteiger partial charge in [0.15, 0.2) is 0 Å². The number of para-hydroxylation sites is 1. The maximum absolute atomic E-state index is 12.8. The summed E-state index contributed by atoms with van der Waals surface area (Å²) in [6, 6.07) is 20.6. The van der Waals surface area contributed by atoms with Gasteiger partial charge in [0, 0.05) is 24.4 Å². The standard InChI is InChI=1S/C20H18N4O3/c25-20(22-16-10-5-2-6-11-16)17(14-15-8-3-1-4-9-15)23-19-18(24(26)27)12-7-13-21-19/h1-13,17H,14H2,(H,21,23)(H,22,25)/t17-/m1/s1. The highest BCUT2D eigenvalue weighted by Gasteiger charge is 2.24. The van der Waals surface area contributed by atoms with Crippen LogP contribution in [0.4, 0.5) is 17.2 Å². The zero-order valence-electron chi connectivity index (χ0n) is 14.4. The van der Waals surface area contributed by atoms with Crippen molar-refractivity contribution in [2.24, 2.45) is 0 Å². The van der Waals surface area contributed by atoms with E-state index in [-0.39, 0.29) is 17.4 Å². The fourth-order valence-electron chi connectivity index (χ4n) is 2.63. The Morgan fingerprint density at radius 2 is 1.67 bits per heavy atom. The average molecular weight is 362 g/mol. The number of nitrogens with one attached hydrogen (secondary N) is 2. The molecule has 0 saturated heterocycles. The Labute approximate surface area is 156 Å². The van der Waals surface area contributed by atoms with E-state index in [9.17, 15) is 14.9 Å². The van der Waals surface area contributed by atoms with E-state index in [2.05, 4.69) is 15.6 Å². The summed E-state index contributed by atoms with van der Waals surface area (Å²) < 4.78 is 0. The largest absolute Gasteiger partial charge is 0.352 e. The number of rotatable bonds is 7. The number of hydrogen-bond acceptors (Lipinski definition) is 5. The molecule has 2 N–H and O–H groups in total. The van der Waals surface area contributed by atoms with Gasteiger partial charge in [0.2, 0.25) is 11.7 Å². The van der Waals surface area contributed by atoms with Crippen molar-refractivity contribution in [2.45, 2.75) is 12.5 Å². The number of nitrogens with zero attached hydrogens (tertiary/aromatic N) is 2. The summed E-state index contributed by atoms with van der Waals surface area (Å²) in [5.41, 5.74) is 1.40. The van der Waals surface area contributed by atoms with Gasteiger partial charge in [0.25, 0.3) is 0 Å². The number of carbonyl (C=O) groups is 1. The lowest BCUT2D eigenvalue weighted by Gasteiger charge is -2.19. The molecule has 3 aromatic rings. The summed E-state index contributed by atoms with van der Waals surface area (Å²) >= 11 is 0. The molecule has 0 aliphatic rings. The van der Waals surface area contributed by atoms with Crippen LogP contribution in [0.5, 0.6) is 0 Å². The quantitative estimate of drug-likeness (QED) is 0.494. The molecule has 7 heteroatoms. The fourth-order valence-corrected chi connectivity index (χ4v) is 2.63. The molecule has 0 aliphatic carbocycles. The molecule has 0 aliphatic heterocycles. The van der Waals surface area contributed by atoms with Crippen LogP contribution in [0.2, 0.25) is 0 Å². The van der Waals surface area contributed by atoms with Gasteiger partial charge in [-0.25, -0.2) is 4.98 Å². The highest BCUT2D eigenvalue weighted by atomic mass is 16.6. The Morgan fingerprint density at radius 3 is 2.33 bits per heavy atom. The molecule has 1 heterocycles. The number of anilines is 2. The van der Waals surface area contributed by atoms with Gasteiger partial charge in [-0.2, -0.15) is 0 Å². The number of hydrogen-bond donors (Lipinski definition) is 2.